The van der Waals surface area contributed by atoms with E-state index in [9.17, 15) is 19.8 Å². The fraction of sp³-hybridized carbons (Fsp3) is 0.896. The van der Waals surface area contributed by atoms with Crippen LogP contribution in [0, 0.1) is 0 Å². The molecule has 0 aliphatic carbocycles. The van der Waals surface area contributed by atoms with Crippen molar-refractivity contribution in [2.75, 3.05) is 13.2 Å². The summed E-state index contributed by atoms with van der Waals surface area (Å²) in [6.07, 6.45) is 93.7. The molecule has 6 heteroatoms. The minimum Gasteiger partial charge on any atom is -0.466 e. The highest BCUT2D eigenvalue weighted by Crippen LogP contribution is 2.19. The number of esters is 1. The van der Waals surface area contributed by atoms with E-state index in [4.69, 9.17) is 4.74 Å². The lowest BCUT2D eigenvalue weighted by molar-refractivity contribution is -0.143. The minimum atomic E-state index is -0.661. The van der Waals surface area contributed by atoms with Crippen molar-refractivity contribution in [2.45, 2.75) is 431 Å². The lowest BCUT2D eigenvalue weighted by Gasteiger charge is -2.22. The quantitative estimate of drug-likeness (QED) is 0.0320. The van der Waals surface area contributed by atoms with E-state index in [0.717, 1.165) is 51.4 Å². The van der Waals surface area contributed by atoms with Crippen molar-refractivity contribution in [1.29, 1.82) is 0 Å². The zero-order valence-corrected chi connectivity index (χ0v) is 56.2. The predicted octanol–water partition coefficient (Wildman–Crippen LogP) is 24.7. The second kappa shape index (κ2) is 72.6. The van der Waals surface area contributed by atoms with Crippen molar-refractivity contribution in [3.63, 3.8) is 0 Å². The lowest BCUT2D eigenvalue weighted by atomic mass is 10.0. The number of allylic oxidation sites excluding steroid dienone is 6. The van der Waals surface area contributed by atoms with E-state index in [1.807, 2.05) is 0 Å². The van der Waals surface area contributed by atoms with Crippen LogP contribution in [0.5, 0.6) is 0 Å². The minimum absolute atomic E-state index is 0.0159. The van der Waals surface area contributed by atoms with Gasteiger partial charge in [0.15, 0.2) is 0 Å². The maximum absolute atomic E-state index is 12.5. The molecule has 0 rings (SSSR count). The summed E-state index contributed by atoms with van der Waals surface area (Å²) in [6, 6.07) is -0.538. The largest absolute Gasteiger partial charge is 0.466 e. The molecule has 0 aliphatic heterocycles. The Morgan fingerprint density at radius 1 is 0.337 bits per heavy atom. The first-order chi connectivity index (χ1) is 41.0. The number of aliphatic hydroxyl groups is 2. The Balaban J connectivity index is 3.34. The highest BCUT2D eigenvalue weighted by Gasteiger charge is 2.20. The van der Waals surface area contributed by atoms with Gasteiger partial charge in [-0.15, -0.1) is 0 Å². The molecule has 0 saturated carbocycles. The Hall–Kier alpha value is -1.92. The average molecular weight is 1170 g/mol. The van der Waals surface area contributed by atoms with Gasteiger partial charge in [-0.05, 0) is 83.5 Å². The van der Waals surface area contributed by atoms with Crippen LogP contribution in [0.25, 0.3) is 0 Å². The molecule has 0 spiro atoms. The first-order valence-corrected chi connectivity index (χ1v) is 37.7. The number of carbonyl (C=O) groups excluding carboxylic acids is 2. The zero-order valence-electron chi connectivity index (χ0n) is 56.2. The molecule has 0 radical (unpaired) electrons. The second-order valence-electron chi connectivity index (χ2n) is 26.0. The molecule has 0 fully saturated rings. The Bertz CT molecular complexity index is 1340. The standard InChI is InChI=1S/C77H147NO5/c1-3-5-7-9-11-13-15-17-18-40-44-47-51-55-59-63-67-71-77(82)83-72-68-64-60-56-52-48-45-42-39-37-35-33-31-29-27-25-23-21-19-20-22-24-26-28-30-32-34-36-38-41-43-46-50-54-58-62-66-70-76(81)78-74(73-79)75(80)69-65-61-57-53-49-16-14-12-10-8-6-4-2/h17-19,21,25,27,74-75,79-80H,3-16,20,22-24,26,28-73H2,1-2H3,(H,78,81)/b18-17-,21-19-,27-25-. The molecule has 2 unspecified atom stereocenters. The predicted molar refractivity (Wildman–Crippen MR) is 366 cm³/mol. The van der Waals surface area contributed by atoms with Gasteiger partial charge in [-0.2, -0.15) is 0 Å². The molecular formula is C77H147NO5. The fourth-order valence-electron chi connectivity index (χ4n) is 11.9. The van der Waals surface area contributed by atoms with Crippen molar-refractivity contribution >= 4 is 11.9 Å². The molecular weight excluding hydrogens is 1020 g/mol. The SMILES string of the molecule is CCCCCCCC/C=C\CCCCCCCCCC(=O)OCCCCCCCCCCCCCCC/C=C\C/C=C\CCCCCCCCCCCCCCCCCCCC(=O)NC(CO)C(O)CCCCCCCCCCCCCC. The number of carbonyl (C=O) groups is 2. The molecule has 0 aromatic rings. The van der Waals surface area contributed by atoms with Gasteiger partial charge in [-0.3, -0.25) is 9.59 Å². The van der Waals surface area contributed by atoms with Crippen molar-refractivity contribution < 1.29 is 24.5 Å². The first-order valence-electron chi connectivity index (χ1n) is 37.7. The molecule has 0 aromatic heterocycles. The first kappa shape index (κ1) is 81.1. The summed E-state index contributed by atoms with van der Waals surface area (Å²) in [5.41, 5.74) is 0. The van der Waals surface area contributed by atoms with Gasteiger partial charge >= 0.3 is 5.97 Å². The van der Waals surface area contributed by atoms with Crippen LogP contribution in [0.3, 0.4) is 0 Å². The van der Waals surface area contributed by atoms with Gasteiger partial charge in [-0.1, -0.05) is 359 Å². The molecule has 1 amide bonds. The lowest BCUT2D eigenvalue weighted by Crippen LogP contribution is -2.45. The smallest absolute Gasteiger partial charge is 0.305 e. The maximum atomic E-state index is 12.5. The van der Waals surface area contributed by atoms with E-state index < -0.39 is 12.1 Å². The molecule has 0 heterocycles. The molecule has 0 bridgehead atoms. The number of rotatable bonds is 71. The summed E-state index contributed by atoms with van der Waals surface area (Å²) in [6.45, 7) is 4.97. The van der Waals surface area contributed by atoms with Crippen molar-refractivity contribution in [3.8, 4) is 0 Å². The van der Waals surface area contributed by atoms with Crippen LogP contribution in [-0.2, 0) is 14.3 Å². The monoisotopic (exact) mass is 1170 g/mol. The van der Waals surface area contributed by atoms with Gasteiger partial charge in [0, 0.05) is 12.8 Å². The van der Waals surface area contributed by atoms with Crippen molar-refractivity contribution in [3.05, 3.63) is 36.5 Å². The van der Waals surface area contributed by atoms with Crippen molar-refractivity contribution in [1.82, 2.24) is 5.32 Å². The zero-order chi connectivity index (χ0) is 59.9. The van der Waals surface area contributed by atoms with E-state index in [-0.39, 0.29) is 18.5 Å². The summed E-state index contributed by atoms with van der Waals surface area (Å²) < 4.78 is 5.50. The van der Waals surface area contributed by atoms with E-state index in [1.165, 1.54) is 334 Å². The number of amides is 1. The third kappa shape index (κ3) is 69.1. The van der Waals surface area contributed by atoms with Gasteiger partial charge in [0.25, 0.3) is 0 Å². The molecule has 2 atom stereocenters. The normalized spacial score (nSPS) is 12.7. The van der Waals surface area contributed by atoms with E-state index in [0.29, 0.717) is 25.9 Å². The highest BCUT2D eigenvalue weighted by atomic mass is 16.5. The Morgan fingerprint density at radius 2 is 0.602 bits per heavy atom. The van der Waals surface area contributed by atoms with Gasteiger partial charge in [-0.25, -0.2) is 0 Å². The summed E-state index contributed by atoms with van der Waals surface area (Å²) in [5, 5.41) is 23.3. The average Bonchev–Trinajstić information content (AvgIpc) is 3.49. The number of ether oxygens (including phenoxy) is 1. The summed E-state index contributed by atoms with van der Waals surface area (Å²) in [7, 11) is 0. The van der Waals surface area contributed by atoms with Crippen LogP contribution in [0.2, 0.25) is 0 Å². The third-order valence-electron chi connectivity index (χ3n) is 17.7. The highest BCUT2D eigenvalue weighted by molar-refractivity contribution is 5.76. The number of aliphatic hydroxyl groups excluding tert-OH is 2. The van der Waals surface area contributed by atoms with Crippen LogP contribution < -0.4 is 5.32 Å². The summed E-state index contributed by atoms with van der Waals surface area (Å²) in [5.74, 6) is -0.0148. The molecule has 6 nitrogen and oxygen atoms in total. The Kier molecular flexibility index (Phi) is 70.9. The van der Waals surface area contributed by atoms with Crippen LogP contribution in [-0.4, -0.2) is 47.4 Å². The molecule has 0 saturated heterocycles. The molecule has 0 aromatic carbocycles. The third-order valence-corrected chi connectivity index (χ3v) is 17.7. The van der Waals surface area contributed by atoms with Crippen molar-refractivity contribution in [2.24, 2.45) is 0 Å². The molecule has 0 aliphatic rings. The molecule has 3 N–H and O–H groups in total. The number of hydrogen-bond acceptors (Lipinski definition) is 5. The van der Waals surface area contributed by atoms with Gasteiger partial charge in [0.05, 0.1) is 25.4 Å². The number of unbranched alkanes of at least 4 members (excludes halogenated alkanes) is 54. The number of hydrogen-bond donors (Lipinski definition) is 3. The van der Waals surface area contributed by atoms with Gasteiger partial charge in [0.1, 0.15) is 0 Å². The van der Waals surface area contributed by atoms with E-state index in [1.54, 1.807) is 0 Å². The van der Waals surface area contributed by atoms with E-state index >= 15 is 0 Å². The topological polar surface area (TPSA) is 95.9 Å². The number of nitrogens with one attached hydrogen (secondary N) is 1. The van der Waals surface area contributed by atoms with Gasteiger partial charge < -0.3 is 20.3 Å². The van der Waals surface area contributed by atoms with Crippen LogP contribution in [0.15, 0.2) is 36.5 Å². The van der Waals surface area contributed by atoms with Crippen LogP contribution in [0.4, 0.5) is 0 Å². The fourth-order valence-corrected chi connectivity index (χ4v) is 11.9. The molecule has 490 valence electrons. The van der Waals surface area contributed by atoms with Crippen LogP contribution in [0.1, 0.15) is 418 Å². The molecule has 83 heavy (non-hydrogen) atoms. The summed E-state index contributed by atoms with van der Waals surface area (Å²) in [4.78, 5) is 24.6. The Labute approximate surface area is 519 Å². The second-order valence-corrected chi connectivity index (χ2v) is 26.0. The summed E-state index contributed by atoms with van der Waals surface area (Å²) >= 11 is 0. The maximum Gasteiger partial charge on any atom is 0.305 e. The van der Waals surface area contributed by atoms with E-state index in [2.05, 4.69) is 55.6 Å². The Morgan fingerprint density at radius 3 is 0.928 bits per heavy atom. The van der Waals surface area contributed by atoms with Crippen LogP contribution >= 0.6 is 0 Å². The van der Waals surface area contributed by atoms with Gasteiger partial charge in [0.2, 0.25) is 5.91 Å².